The predicted molar refractivity (Wildman–Crippen MR) is 137 cm³/mol. The van der Waals surface area contributed by atoms with Crippen molar-refractivity contribution in [1.29, 1.82) is 0 Å². The third-order valence-electron chi connectivity index (χ3n) is 7.04. The van der Waals surface area contributed by atoms with Crippen molar-refractivity contribution in [3.63, 3.8) is 0 Å². The number of nitrogens with zero attached hydrogens (tertiary/aromatic N) is 1. The number of rotatable bonds is 9. The Balaban J connectivity index is 1.45. The van der Waals surface area contributed by atoms with E-state index < -0.39 is 18.3 Å². The first-order valence-corrected chi connectivity index (χ1v) is 13.8. The molecular weight excluding hydrogens is 507 g/mol. The number of carbonyl (C=O) groups is 1. The van der Waals surface area contributed by atoms with Gasteiger partial charge in [-0.1, -0.05) is 49.6 Å². The molecular formula is C26H28F3N3O2S2. The maximum atomic E-state index is 12.9. The third kappa shape index (κ3) is 5.72. The molecule has 0 saturated heterocycles. The van der Waals surface area contributed by atoms with Crippen molar-refractivity contribution in [1.82, 2.24) is 15.0 Å². The SMILES string of the molecule is O=C(NCC1(O)CCC1)c1nc(CC2CCC2)c(-c2ccc(SNCC(F)(F)F)c3ccccc23)s1. The molecule has 10 heteroatoms. The van der Waals surface area contributed by atoms with E-state index in [0.29, 0.717) is 28.7 Å². The van der Waals surface area contributed by atoms with Crippen LogP contribution >= 0.6 is 23.3 Å². The summed E-state index contributed by atoms with van der Waals surface area (Å²) in [4.78, 5) is 19.3. The van der Waals surface area contributed by atoms with Gasteiger partial charge in [-0.2, -0.15) is 13.2 Å². The summed E-state index contributed by atoms with van der Waals surface area (Å²) < 4.78 is 40.3. The van der Waals surface area contributed by atoms with Gasteiger partial charge in [0.2, 0.25) is 0 Å². The van der Waals surface area contributed by atoms with Crippen molar-refractivity contribution in [3.05, 3.63) is 47.1 Å². The summed E-state index contributed by atoms with van der Waals surface area (Å²) in [5, 5.41) is 15.3. The van der Waals surface area contributed by atoms with Crippen LogP contribution in [0.3, 0.4) is 0 Å². The van der Waals surface area contributed by atoms with E-state index in [1.807, 2.05) is 36.4 Å². The fourth-order valence-electron chi connectivity index (χ4n) is 4.60. The quantitative estimate of drug-likeness (QED) is 0.288. The van der Waals surface area contributed by atoms with Crippen LogP contribution in [0.1, 0.15) is 54.0 Å². The van der Waals surface area contributed by atoms with Crippen LogP contribution in [0, 0.1) is 5.92 Å². The molecule has 5 nitrogen and oxygen atoms in total. The van der Waals surface area contributed by atoms with E-state index in [0.717, 1.165) is 64.5 Å². The van der Waals surface area contributed by atoms with Crippen LogP contribution in [-0.4, -0.2) is 40.9 Å². The highest BCUT2D eigenvalue weighted by Crippen LogP contribution is 2.41. The lowest BCUT2D eigenvalue weighted by Crippen LogP contribution is -2.47. The summed E-state index contributed by atoms with van der Waals surface area (Å²) in [5.41, 5.74) is 1.00. The van der Waals surface area contributed by atoms with Crippen LogP contribution in [0.5, 0.6) is 0 Å². The molecule has 3 aromatic rings. The monoisotopic (exact) mass is 535 g/mol. The highest BCUT2D eigenvalue weighted by atomic mass is 32.2. The first kappa shape index (κ1) is 25.5. The molecule has 2 fully saturated rings. The summed E-state index contributed by atoms with van der Waals surface area (Å²) in [5.74, 6) is 0.263. The Kier molecular flexibility index (Phi) is 7.31. The summed E-state index contributed by atoms with van der Waals surface area (Å²) in [7, 11) is 0. The number of aromatic nitrogens is 1. The molecule has 5 rings (SSSR count). The largest absolute Gasteiger partial charge is 0.402 e. The molecule has 0 atom stereocenters. The molecule has 36 heavy (non-hydrogen) atoms. The number of benzene rings is 2. The van der Waals surface area contributed by atoms with E-state index in [4.69, 9.17) is 4.98 Å². The standard InChI is InChI=1S/C26H28F3N3O2S2/c27-26(28,29)15-31-36-21-10-9-19(17-7-1-2-8-18(17)21)22-20(13-16-5-3-6-16)32-24(35-22)23(33)30-14-25(34)11-4-12-25/h1-2,7-10,16,31,34H,3-6,11-15H2,(H,30,33). The second-order valence-electron chi connectivity index (χ2n) is 9.75. The zero-order chi connectivity index (χ0) is 25.3. The number of aliphatic hydroxyl groups is 1. The van der Waals surface area contributed by atoms with Crippen LogP contribution in [0.4, 0.5) is 13.2 Å². The van der Waals surface area contributed by atoms with Gasteiger partial charge in [0.1, 0.15) is 6.54 Å². The summed E-state index contributed by atoms with van der Waals surface area (Å²) in [6.07, 6.45) is 2.35. The Bertz CT molecular complexity index is 1250. The molecule has 0 aliphatic heterocycles. The Morgan fingerprint density at radius 1 is 1.14 bits per heavy atom. The molecule has 2 aliphatic rings. The minimum atomic E-state index is -4.28. The molecule has 192 valence electrons. The van der Waals surface area contributed by atoms with Crippen molar-refractivity contribution in [2.24, 2.45) is 5.92 Å². The molecule has 1 aromatic heterocycles. The van der Waals surface area contributed by atoms with Gasteiger partial charge in [-0.15, -0.1) is 11.3 Å². The molecule has 3 N–H and O–H groups in total. The number of nitrogens with one attached hydrogen (secondary N) is 2. The van der Waals surface area contributed by atoms with Gasteiger partial charge in [0.05, 0.1) is 16.2 Å². The Hall–Kier alpha value is -2.14. The van der Waals surface area contributed by atoms with Gasteiger partial charge >= 0.3 is 6.18 Å². The second-order valence-corrected chi connectivity index (χ2v) is 11.7. The number of amides is 1. The zero-order valence-corrected chi connectivity index (χ0v) is 21.3. The third-order valence-corrected chi connectivity index (χ3v) is 9.04. The van der Waals surface area contributed by atoms with E-state index in [2.05, 4.69) is 10.0 Å². The number of thiazole rings is 1. The minimum absolute atomic E-state index is 0.221. The van der Waals surface area contributed by atoms with Crippen molar-refractivity contribution < 1.29 is 23.1 Å². The van der Waals surface area contributed by atoms with Crippen LogP contribution in [0.25, 0.3) is 21.2 Å². The number of hydrogen-bond acceptors (Lipinski definition) is 6. The van der Waals surface area contributed by atoms with Crippen molar-refractivity contribution >= 4 is 40.0 Å². The molecule has 0 unspecified atom stereocenters. The van der Waals surface area contributed by atoms with Crippen molar-refractivity contribution in [2.75, 3.05) is 13.1 Å². The molecule has 1 heterocycles. The van der Waals surface area contributed by atoms with Crippen LogP contribution in [0.2, 0.25) is 0 Å². The van der Waals surface area contributed by atoms with Gasteiger partial charge in [-0.25, -0.2) is 4.98 Å². The first-order chi connectivity index (χ1) is 17.2. The average molecular weight is 536 g/mol. The molecule has 1 amide bonds. The lowest BCUT2D eigenvalue weighted by molar-refractivity contribution is -0.121. The lowest BCUT2D eigenvalue weighted by atomic mass is 9.80. The van der Waals surface area contributed by atoms with Crippen molar-refractivity contribution in [2.45, 2.75) is 61.6 Å². The summed E-state index contributed by atoms with van der Waals surface area (Å²) in [6, 6.07) is 11.4. The topological polar surface area (TPSA) is 74.2 Å². The van der Waals surface area contributed by atoms with Gasteiger partial charge in [0.25, 0.3) is 5.91 Å². The number of alkyl halides is 3. The van der Waals surface area contributed by atoms with Gasteiger partial charge in [0, 0.05) is 17.0 Å². The predicted octanol–water partition coefficient (Wildman–Crippen LogP) is 6.11. The van der Waals surface area contributed by atoms with Gasteiger partial charge in [-0.3, -0.25) is 9.52 Å². The zero-order valence-electron chi connectivity index (χ0n) is 19.7. The molecule has 2 aliphatic carbocycles. The minimum Gasteiger partial charge on any atom is -0.388 e. The highest BCUT2D eigenvalue weighted by molar-refractivity contribution is 7.97. The molecule has 2 aromatic carbocycles. The van der Waals surface area contributed by atoms with Gasteiger partial charge in [-0.05, 0) is 60.4 Å². The average Bonchev–Trinajstić information content (AvgIpc) is 3.21. The highest BCUT2D eigenvalue weighted by Gasteiger charge is 2.35. The number of carbonyl (C=O) groups excluding carboxylic acids is 1. The van der Waals surface area contributed by atoms with Crippen molar-refractivity contribution in [3.8, 4) is 10.4 Å². The fraction of sp³-hybridized carbons (Fsp3) is 0.462. The Labute approximate surface area is 216 Å². The summed E-state index contributed by atoms with van der Waals surface area (Å²) >= 11 is 2.30. The fourth-order valence-corrected chi connectivity index (χ4v) is 6.47. The van der Waals surface area contributed by atoms with E-state index in [9.17, 15) is 23.1 Å². The molecule has 0 bridgehead atoms. The number of hydrogen-bond donors (Lipinski definition) is 3. The lowest BCUT2D eigenvalue weighted by Gasteiger charge is -2.36. The van der Waals surface area contributed by atoms with E-state index in [-0.39, 0.29) is 12.5 Å². The molecule has 0 radical (unpaired) electrons. The maximum absolute atomic E-state index is 12.9. The number of halogens is 3. The maximum Gasteiger partial charge on any atom is 0.402 e. The molecule has 0 spiro atoms. The Morgan fingerprint density at radius 2 is 1.89 bits per heavy atom. The van der Waals surface area contributed by atoms with E-state index in [1.165, 1.54) is 17.8 Å². The normalized spacial score (nSPS) is 17.6. The van der Waals surface area contributed by atoms with E-state index >= 15 is 0 Å². The van der Waals surface area contributed by atoms with Crippen LogP contribution in [0.15, 0.2) is 41.3 Å². The smallest absolute Gasteiger partial charge is 0.388 e. The first-order valence-electron chi connectivity index (χ1n) is 12.2. The van der Waals surface area contributed by atoms with E-state index in [1.54, 1.807) is 0 Å². The molecule has 2 saturated carbocycles. The second kappa shape index (κ2) is 10.3. The Morgan fingerprint density at radius 3 is 2.53 bits per heavy atom. The van der Waals surface area contributed by atoms with Crippen LogP contribution in [-0.2, 0) is 6.42 Å². The number of fused-ring (bicyclic) bond motifs is 1. The van der Waals surface area contributed by atoms with Crippen LogP contribution < -0.4 is 10.0 Å². The van der Waals surface area contributed by atoms with Gasteiger partial charge in [0.15, 0.2) is 5.01 Å². The summed E-state index contributed by atoms with van der Waals surface area (Å²) in [6.45, 7) is -0.861. The van der Waals surface area contributed by atoms with Gasteiger partial charge < -0.3 is 10.4 Å².